The fourth-order valence-electron chi connectivity index (χ4n) is 2.84. The summed E-state index contributed by atoms with van der Waals surface area (Å²) in [6.45, 7) is 2.55. The van der Waals surface area contributed by atoms with Gasteiger partial charge in [0.2, 0.25) is 0 Å². The molecular weight excluding hydrogens is 360 g/mol. The van der Waals surface area contributed by atoms with Crippen LogP contribution < -0.4 is 10.6 Å². The van der Waals surface area contributed by atoms with Crippen LogP contribution in [0.15, 0.2) is 30.3 Å². The topological polar surface area (TPSA) is 84.0 Å². The summed E-state index contributed by atoms with van der Waals surface area (Å²) >= 11 is 5.89. The van der Waals surface area contributed by atoms with E-state index in [0.29, 0.717) is 18.1 Å². The van der Waals surface area contributed by atoms with Crippen molar-refractivity contribution in [1.29, 1.82) is 0 Å². The molecule has 0 spiro atoms. The van der Waals surface area contributed by atoms with Crippen molar-refractivity contribution in [3.63, 3.8) is 0 Å². The standard InChI is InChI=1S/C17H21ClN4O2S/c1-12-20-16(19-8-6-13-2-4-14(18)5-3-13)10-17(21-12)22-15-7-9-25(23,24)11-15/h2-5,10,15H,6-9,11H2,1H3,(H2,19,20,21,22). The van der Waals surface area contributed by atoms with Gasteiger partial charge in [0.05, 0.1) is 11.5 Å². The van der Waals surface area contributed by atoms with Gasteiger partial charge in [0.15, 0.2) is 9.84 Å². The zero-order valence-electron chi connectivity index (χ0n) is 14.0. The summed E-state index contributed by atoms with van der Waals surface area (Å²) in [7, 11) is -2.91. The fourth-order valence-corrected chi connectivity index (χ4v) is 4.64. The third-order valence-electron chi connectivity index (χ3n) is 4.06. The van der Waals surface area contributed by atoms with Gasteiger partial charge >= 0.3 is 0 Å². The van der Waals surface area contributed by atoms with Crippen LogP contribution in [0.2, 0.25) is 5.02 Å². The van der Waals surface area contributed by atoms with Crippen LogP contribution in [-0.4, -0.2) is 42.5 Å². The molecule has 1 atom stereocenters. The van der Waals surface area contributed by atoms with Crippen LogP contribution in [0, 0.1) is 6.92 Å². The Hall–Kier alpha value is -1.86. The van der Waals surface area contributed by atoms with Gasteiger partial charge in [0.25, 0.3) is 0 Å². The molecular formula is C17H21ClN4O2S. The SMILES string of the molecule is Cc1nc(NCCc2ccc(Cl)cc2)cc(NC2CCS(=O)(=O)C2)n1. The van der Waals surface area contributed by atoms with Crippen LogP contribution in [0.3, 0.4) is 0 Å². The largest absolute Gasteiger partial charge is 0.370 e. The molecule has 1 aliphatic heterocycles. The van der Waals surface area contributed by atoms with Gasteiger partial charge in [-0.1, -0.05) is 23.7 Å². The lowest BCUT2D eigenvalue weighted by Gasteiger charge is -2.13. The molecule has 134 valence electrons. The van der Waals surface area contributed by atoms with Gasteiger partial charge in [-0.2, -0.15) is 0 Å². The van der Waals surface area contributed by atoms with Crippen molar-refractivity contribution in [3.8, 4) is 0 Å². The summed E-state index contributed by atoms with van der Waals surface area (Å²) in [6.07, 6.45) is 1.47. The van der Waals surface area contributed by atoms with E-state index in [1.165, 1.54) is 5.56 Å². The number of hydrogen-bond donors (Lipinski definition) is 2. The van der Waals surface area contributed by atoms with E-state index in [1.807, 2.05) is 37.3 Å². The second kappa shape index (κ2) is 7.58. The number of anilines is 2. The highest BCUT2D eigenvalue weighted by atomic mass is 35.5. The van der Waals surface area contributed by atoms with Gasteiger partial charge < -0.3 is 10.6 Å². The van der Waals surface area contributed by atoms with Gasteiger partial charge in [-0.05, 0) is 37.5 Å². The lowest BCUT2D eigenvalue weighted by molar-refractivity contribution is 0.602. The van der Waals surface area contributed by atoms with Crippen molar-refractivity contribution in [3.05, 3.63) is 46.7 Å². The first-order valence-corrected chi connectivity index (χ1v) is 10.4. The molecule has 1 aromatic carbocycles. The van der Waals surface area contributed by atoms with Crippen LogP contribution in [0.1, 0.15) is 17.8 Å². The summed E-state index contributed by atoms with van der Waals surface area (Å²) in [4.78, 5) is 8.73. The average Bonchev–Trinajstić information content (AvgIpc) is 2.87. The van der Waals surface area contributed by atoms with E-state index in [2.05, 4.69) is 20.6 Å². The Morgan fingerprint density at radius 3 is 2.60 bits per heavy atom. The van der Waals surface area contributed by atoms with Crippen LogP contribution >= 0.6 is 11.6 Å². The van der Waals surface area contributed by atoms with Crippen molar-refractivity contribution in [1.82, 2.24) is 9.97 Å². The molecule has 2 N–H and O–H groups in total. The second-order valence-corrected chi connectivity index (χ2v) is 8.90. The Morgan fingerprint density at radius 2 is 1.92 bits per heavy atom. The molecule has 0 saturated carbocycles. The molecule has 1 fully saturated rings. The number of rotatable bonds is 6. The van der Waals surface area contributed by atoms with Gasteiger partial charge in [0, 0.05) is 23.7 Å². The second-order valence-electron chi connectivity index (χ2n) is 6.23. The van der Waals surface area contributed by atoms with E-state index in [0.717, 1.165) is 23.8 Å². The maximum absolute atomic E-state index is 11.6. The van der Waals surface area contributed by atoms with Crippen LogP contribution in [0.5, 0.6) is 0 Å². The molecule has 25 heavy (non-hydrogen) atoms. The Balaban J connectivity index is 1.58. The van der Waals surface area contributed by atoms with Crippen LogP contribution in [-0.2, 0) is 16.3 Å². The summed E-state index contributed by atoms with van der Waals surface area (Å²) in [5.41, 5.74) is 1.19. The van der Waals surface area contributed by atoms with Crippen molar-refractivity contribution in [2.45, 2.75) is 25.8 Å². The molecule has 3 rings (SSSR count). The number of benzene rings is 1. The predicted octanol–water partition coefficient (Wildman–Crippen LogP) is 2.69. The highest BCUT2D eigenvalue weighted by molar-refractivity contribution is 7.91. The third kappa shape index (κ3) is 5.31. The zero-order chi connectivity index (χ0) is 17.9. The Kier molecular flexibility index (Phi) is 5.44. The first-order valence-electron chi connectivity index (χ1n) is 8.21. The first-order chi connectivity index (χ1) is 11.9. The highest BCUT2D eigenvalue weighted by Crippen LogP contribution is 2.18. The number of halogens is 1. The molecule has 1 unspecified atom stereocenters. The van der Waals surface area contributed by atoms with Crippen molar-refractivity contribution in [2.24, 2.45) is 0 Å². The predicted molar refractivity (Wildman–Crippen MR) is 101 cm³/mol. The lowest BCUT2D eigenvalue weighted by atomic mass is 10.1. The molecule has 0 amide bonds. The quantitative estimate of drug-likeness (QED) is 0.801. The van der Waals surface area contributed by atoms with E-state index in [9.17, 15) is 8.42 Å². The van der Waals surface area contributed by atoms with E-state index in [4.69, 9.17) is 11.6 Å². The van der Waals surface area contributed by atoms with Crippen LogP contribution in [0.25, 0.3) is 0 Å². The minimum Gasteiger partial charge on any atom is -0.370 e. The monoisotopic (exact) mass is 380 g/mol. The van der Waals surface area contributed by atoms with Crippen molar-refractivity contribution >= 4 is 33.1 Å². The van der Waals surface area contributed by atoms with E-state index in [1.54, 1.807) is 0 Å². The number of aryl methyl sites for hydroxylation is 1. The van der Waals surface area contributed by atoms with E-state index in [-0.39, 0.29) is 17.5 Å². The lowest BCUT2D eigenvalue weighted by Crippen LogP contribution is -2.21. The maximum atomic E-state index is 11.6. The van der Waals surface area contributed by atoms with Crippen molar-refractivity contribution in [2.75, 3.05) is 28.7 Å². The van der Waals surface area contributed by atoms with Crippen LogP contribution in [0.4, 0.5) is 11.6 Å². The Labute approximate surface area is 153 Å². The molecule has 1 aromatic heterocycles. The number of sulfone groups is 1. The molecule has 1 aliphatic rings. The Morgan fingerprint density at radius 1 is 1.20 bits per heavy atom. The van der Waals surface area contributed by atoms with Crippen molar-refractivity contribution < 1.29 is 8.42 Å². The minimum absolute atomic E-state index is 0.0822. The zero-order valence-corrected chi connectivity index (χ0v) is 15.6. The molecule has 6 nitrogen and oxygen atoms in total. The molecule has 2 heterocycles. The summed E-state index contributed by atoms with van der Waals surface area (Å²) in [6, 6.07) is 9.50. The van der Waals surface area contributed by atoms with E-state index < -0.39 is 9.84 Å². The van der Waals surface area contributed by atoms with Gasteiger partial charge in [-0.3, -0.25) is 0 Å². The third-order valence-corrected chi connectivity index (χ3v) is 6.08. The van der Waals surface area contributed by atoms with Gasteiger partial charge in [-0.15, -0.1) is 0 Å². The summed E-state index contributed by atoms with van der Waals surface area (Å²) in [5.74, 6) is 2.42. The molecule has 0 radical (unpaired) electrons. The molecule has 0 bridgehead atoms. The number of hydrogen-bond acceptors (Lipinski definition) is 6. The van der Waals surface area contributed by atoms with E-state index >= 15 is 0 Å². The minimum atomic E-state index is -2.91. The van der Waals surface area contributed by atoms with Gasteiger partial charge in [0.1, 0.15) is 17.5 Å². The number of nitrogens with one attached hydrogen (secondary N) is 2. The normalized spacial score (nSPS) is 18.9. The molecule has 0 aliphatic carbocycles. The fraction of sp³-hybridized carbons (Fsp3) is 0.412. The smallest absolute Gasteiger partial charge is 0.152 e. The Bertz CT molecular complexity index is 840. The summed E-state index contributed by atoms with van der Waals surface area (Å²) < 4.78 is 23.1. The molecule has 8 heteroatoms. The molecule has 1 saturated heterocycles. The number of nitrogens with zero attached hydrogens (tertiary/aromatic N) is 2. The number of aromatic nitrogens is 2. The highest BCUT2D eigenvalue weighted by Gasteiger charge is 2.28. The van der Waals surface area contributed by atoms with Gasteiger partial charge in [-0.25, -0.2) is 18.4 Å². The molecule has 2 aromatic rings. The first kappa shape index (κ1) is 17.9. The average molecular weight is 381 g/mol. The maximum Gasteiger partial charge on any atom is 0.152 e. The summed E-state index contributed by atoms with van der Waals surface area (Å²) in [5, 5.41) is 7.22.